The van der Waals surface area contributed by atoms with Crippen molar-refractivity contribution in [3.63, 3.8) is 0 Å². The Morgan fingerprint density at radius 3 is 2.78 bits per heavy atom. The molecule has 0 aliphatic carbocycles. The molecular weight excluding hydrogens is 310 g/mol. The minimum atomic E-state index is -0.343. The van der Waals surface area contributed by atoms with Crippen LogP contribution in [0.4, 0.5) is 0 Å². The minimum Gasteiger partial charge on any atom is -0.457 e. The molecule has 0 unspecified atom stereocenters. The molecule has 0 amide bonds. The fourth-order valence-electron chi connectivity index (χ4n) is 2.61. The number of rotatable bonds is 6. The molecule has 3 rings (SSSR count). The van der Waals surface area contributed by atoms with Gasteiger partial charge in [0.1, 0.15) is 0 Å². The van der Waals surface area contributed by atoms with E-state index in [9.17, 15) is 9.59 Å². The second-order valence-corrected chi connectivity index (χ2v) is 6.37. The van der Waals surface area contributed by atoms with Crippen molar-refractivity contribution in [3.05, 3.63) is 57.9 Å². The Hall–Kier alpha value is -2.40. The third-order valence-electron chi connectivity index (χ3n) is 3.69. The first-order valence-electron chi connectivity index (χ1n) is 7.43. The summed E-state index contributed by atoms with van der Waals surface area (Å²) in [6, 6.07) is 11.6. The van der Waals surface area contributed by atoms with Gasteiger partial charge >= 0.3 is 5.97 Å². The topological polar surface area (TPSA) is 59.2 Å². The van der Waals surface area contributed by atoms with Gasteiger partial charge in [-0.15, -0.1) is 11.3 Å². The number of para-hydroxylation sites is 1. The van der Waals surface area contributed by atoms with Gasteiger partial charge in [0.05, 0.1) is 6.42 Å². The van der Waals surface area contributed by atoms with Crippen LogP contribution in [0.1, 0.15) is 27.3 Å². The van der Waals surface area contributed by atoms with Crippen molar-refractivity contribution in [1.82, 2.24) is 4.98 Å². The molecule has 0 saturated heterocycles. The Balaban J connectivity index is 1.60. The fraction of sp³-hybridized carbons (Fsp3) is 0.222. The van der Waals surface area contributed by atoms with Gasteiger partial charge in [0.25, 0.3) is 0 Å². The molecule has 23 heavy (non-hydrogen) atoms. The molecule has 0 saturated carbocycles. The van der Waals surface area contributed by atoms with E-state index in [0.29, 0.717) is 18.4 Å². The summed E-state index contributed by atoms with van der Waals surface area (Å²) in [5, 5.41) is 2.84. The zero-order chi connectivity index (χ0) is 16.2. The van der Waals surface area contributed by atoms with E-state index in [1.165, 1.54) is 0 Å². The standard InChI is InChI=1S/C18H17NO3S/c1-12-18(14-6-2-3-7-15(14)19-12)16(20)11-22-17(21)9-8-13-5-4-10-23-13/h2-7,10,19H,8-9,11H2,1H3. The van der Waals surface area contributed by atoms with Crippen molar-refractivity contribution in [2.24, 2.45) is 0 Å². The SMILES string of the molecule is Cc1[nH]c2ccccc2c1C(=O)COC(=O)CCc1cccs1. The molecule has 4 nitrogen and oxygen atoms in total. The molecule has 0 radical (unpaired) electrons. The summed E-state index contributed by atoms with van der Waals surface area (Å²) < 4.78 is 5.13. The largest absolute Gasteiger partial charge is 0.457 e. The number of aryl methyl sites for hydroxylation is 2. The highest BCUT2D eigenvalue weighted by atomic mass is 32.1. The van der Waals surface area contributed by atoms with Gasteiger partial charge in [-0.1, -0.05) is 24.3 Å². The lowest BCUT2D eigenvalue weighted by molar-refractivity contribution is -0.142. The zero-order valence-corrected chi connectivity index (χ0v) is 13.6. The number of nitrogens with one attached hydrogen (secondary N) is 1. The predicted octanol–water partition coefficient (Wildman–Crippen LogP) is 3.90. The number of fused-ring (bicyclic) bond motifs is 1. The van der Waals surface area contributed by atoms with Crippen LogP contribution in [0, 0.1) is 6.92 Å². The molecule has 0 aliphatic heterocycles. The Morgan fingerprint density at radius 1 is 1.17 bits per heavy atom. The van der Waals surface area contributed by atoms with Gasteiger partial charge in [-0.05, 0) is 30.9 Å². The molecule has 0 aliphatic rings. The molecule has 3 aromatic rings. The molecule has 1 aromatic carbocycles. The number of carbonyl (C=O) groups excluding carboxylic acids is 2. The van der Waals surface area contributed by atoms with Crippen molar-refractivity contribution in [2.45, 2.75) is 19.8 Å². The molecule has 0 atom stereocenters. The van der Waals surface area contributed by atoms with E-state index >= 15 is 0 Å². The summed E-state index contributed by atoms with van der Waals surface area (Å²) in [6.45, 7) is 1.64. The quantitative estimate of drug-likeness (QED) is 0.552. The molecule has 0 bridgehead atoms. The molecule has 0 fully saturated rings. The van der Waals surface area contributed by atoms with Crippen LogP contribution in [-0.4, -0.2) is 23.3 Å². The summed E-state index contributed by atoms with van der Waals surface area (Å²) in [5.74, 6) is -0.520. The number of esters is 1. The number of benzene rings is 1. The van der Waals surface area contributed by atoms with Crippen molar-refractivity contribution < 1.29 is 14.3 Å². The van der Waals surface area contributed by atoms with Crippen molar-refractivity contribution in [2.75, 3.05) is 6.61 Å². The molecule has 0 spiro atoms. The van der Waals surface area contributed by atoms with E-state index < -0.39 is 0 Å². The number of Topliss-reactive ketones (excluding diaryl/α,β-unsaturated/α-hetero) is 1. The van der Waals surface area contributed by atoms with Crippen molar-refractivity contribution >= 4 is 34.0 Å². The van der Waals surface area contributed by atoms with Gasteiger partial charge < -0.3 is 9.72 Å². The van der Waals surface area contributed by atoms with Crippen LogP contribution in [0.3, 0.4) is 0 Å². The molecular formula is C18H17NO3S. The number of thiophene rings is 1. The number of ether oxygens (including phenoxy) is 1. The maximum Gasteiger partial charge on any atom is 0.306 e. The predicted molar refractivity (Wildman–Crippen MR) is 91.0 cm³/mol. The van der Waals surface area contributed by atoms with Gasteiger partial charge in [-0.2, -0.15) is 0 Å². The Labute approximate surface area is 138 Å². The summed E-state index contributed by atoms with van der Waals surface area (Å²) in [4.78, 5) is 28.5. The van der Waals surface area contributed by atoms with Gasteiger partial charge in [-0.25, -0.2) is 0 Å². The smallest absolute Gasteiger partial charge is 0.306 e. The Kier molecular flexibility index (Phi) is 4.57. The van der Waals surface area contributed by atoms with Crippen molar-refractivity contribution in [1.29, 1.82) is 0 Å². The first-order chi connectivity index (χ1) is 11.1. The maximum atomic E-state index is 12.4. The second kappa shape index (κ2) is 6.79. The summed E-state index contributed by atoms with van der Waals surface area (Å²) >= 11 is 1.61. The van der Waals surface area contributed by atoms with E-state index in [-0.39, 0.29) is 18.4 Å². The van der Waals surface area contributed by atoms with Crippen LogP contribution in [0.2, 0.25) is 0 Å². The highest BCUT2D eigenvalue weighted by Gasteiger charge is 2.17. The highest BCUT2D eigenvalue weighted by Crippen LogP contribution is 2.22. The fourth-order valence-corrected chi connectivity index (χ4v) is 3.32. The van der Waals surface area contributed by atoms with Crippen LogP contribution in [-0.2, 0) is 16.0 Å². The highest BCUT2D eigenvalue weighted by molar-refractivity contribution is 7.09. The van der Waals surface area contributed by atoms with Crippen LogP contribution >= 0.6 is 11.3 Å². The number of ketones is 1. The average molecular weight is 327 g/mol. The number of hydrogen-bond acceptors (Lipinski definition) is 4. The lowest BCUT2D eigenvalue weighted by atomic mass is 10.1. The second-order valence-electron chi connectivity index (χ2n) is 5.33. The van der Waals surface area contributed by atoms with Crippen LogP contribution in [0.15, 0.2) is 41.8 Å². The van der Waals surface area contributed by atoms with E-state index in [4.69, 9.17) is 4.74 Å². The number of hydrogen-bond donors (Lipinski definition) is 1. The molecule has 2 aromatic heterocycles. The van der Waals surface area contributed by atoms with Crippen LogP contribution in [0.25, 0.3) is 10.9 Å². The summed E-state index contributed by atoms with van der Waals surface area (Å²) in [6.07, 6.45) is 0.942. The normalized spacial score (nSPS) is 10.8. The first-order valence-corrected chi connectivity index (χ1v) is 8.31. The maximum absolute atomic E-state index is 12.4. The van der Waals surface area contributed by atoms with E-state index in [2.05, 4.69) is 4.98 Å². The number of carbonyl (C=O) groups is 2. The average Bonchev–Trinajstić information content (AvgIpc) is 3.17. The Bertz CT molecular complexity index is 833. The third-order valence-corrected chi connectivity index (χ3v) is 4.63. The number of H-pyrrole nitrogens is 1. The lowest BCUT2D eigenvalue weighted by Gasteiger charge is -2.04. The monoisotopic (exact) mass is 327 g/mol. The van der Waals surface area contributed by atoms with Gasteiger partial charge in [0.2, 0.25) is 5.78 Å². The van der Waals surface area contributed by atoms with E-state index in [0.717, 1.165) is 21.5 Å². The first kappa shape index (κ1) is 15.5. The zero-order valence-electron chi connectivity index (χ0n) is 12.8. The molecule has 2 heterocycles. The van der Waals surface area contributed by atoms with E-state index in [1.807, 2.05) is 48.7 Å². The van der Waals surface area contributed by atoms with Gasteiger partial charge in [0.15, 0.2) is 6.61 Å². The number of aromatic amines is 1. The van der Waals surface area contributed by atoms with Gasteiger partial charge in [0, 0.05) is 27.0 Å². The molecule has 1 N–H and O–H groups in total. The third kappa shape index (κ3) is 3.51. The van der Waals surface area contributed by atoms with Crippen molar-refractivity contribution in [3.8, 4) is 0 Å². The summed E-state index contributed by atoms with van der Waals surface area (Å²) in [5.41, 5.74) is 2.31. The van der Waals surface area contributed by atoms with Gasteiger partial charge in [-0.3, -0.25) is 9.59 Å². The van der Waals surface area contributed by atoms with Crippen LogP contribution < -0.4 is 0 Å². The van der Waals surface area contributed by atoms with E-state index in [1.54, 1.807) is 11.3 Å². The lowest BCUT2D eigenvalue weighted by Crippen LogP contribution is -2.15. The van der Waals surface area contributed by atoms with Crippen LogP contribution in [0.5, 0.6) is 0 Å². The molecule has 5 heteroatoms. The summed E-state index contributed by atoms with van der Waals surface area (Å²) in [7, 11) is 0. The molecule has 118 valence electrons. The Morgan fingerprint density at radius 2 is 2.00 bits per heavy atom. The minimum absolute atomic E-state index is 0.176. The number of aromatic nitrogens is 1.